The fourth-order valence-corrected chi connectivity index (χ4v) is 2.97. The first-order valence-corrected chi connectivity index (χ1v) is 9.12. The van der Waals surface area contributed by atoms with E-state index in [2.05, 4.69) is 11.4 Å². The Labute approximate surface area is 160 Å². The standard InChI is InChI=1S/C20H27N3O4/c1-20(2,3)27-19(25)23-12-10-16(13-17(23)9-11-21)22-18(24)26-14-15-7-5-4-6-8-15/h4-8,16-17H,9-10,12-14H2,1-3H3,(H,22,24). The van der Waals surface area contributed by atoms with Crippen molar-refractivity contribution < 1.29 is 19.1 Å². The van der Waals surface area contributed by atoms with Crippen molar-refractivity contribution in [1.82, 2.24) is 10.2 Å². The summed E-state index contributed by atoms with van der Waals surface area (Å²) < 4.78 is 10.7. The summed E-state index contributed by atoms with van der Waals surface area (Å²) in [6.07, 6.45) is 0.351. The molecule has 2 rings (SSSR count). The second kappa shape index (κ2) is 9.26. The third-order valence-electron chi connectivity index (χ3n) is 4.21. The highest BCUT2D eigenvalue weighted by Gasteiger charge is 2.34. The molecule has 1 aliphatic rings. The van der Waals surface area contributed by atoms with E-state index in [1.165, 1.54) is 0 Å². The van der Waals surface area contributed by atoms with Crippen molar-refractivity contribution >= 4 is 12.2 Å². The van der Waals surface area contributed by atoms with Crippen LogP contribution in [0.1, 0.15) is 45.6 Å². The first kappa shape index (κ1) is 20.6. The highest BCUT2D eigenvalue weighted by atomic mass is 16.6. The predicted molar refractivity (Wildman–Crippen MR) is 99.7 cm³/mol. The van der Waals surface area contributed by atoms with E-state index in [9.17, 15) is 9.59 Å². The number of ether oxygens (including phenoxy) is 2. The molecule has 7 nitrogen and oxygen atoms in total. The Balaban J connectivity index is 1.87. The molecule has 0 bridgehead atoms. The molecule has 7 heteroatoms. The molecule has 0 aromatic heterocycles. The van der Waals surface area contributed by atoms with Crippen molar-refractivity contribution in [2.24, 2.45) is 0 Å². The summed E-state index contributed by atoms with van der Waals surface area (Å²) in [6.45, 7) is 6.04. The first-order chi connectivity index (χ1) is 12.8. The van der Waals surface area contributed by atoms with Crippen LogP contribution in [0.2, 0.25) is 0 Å². The number of nitrogens with zero attached hydrogens (tertiary/aromatic N) is 2. The summed E-state index contributed by atoms with van der Waals surface area (Å²) in [4.78, 5) is 26.0. The lowest BCUT2D eigenvalue weighted by Crippen LogP contribution is -2.53. The van der Waals surface area contributed by atoms with Crippen LogP contribution in [0.25, 0.3) is 0 Å². The summed E-state index contributed by atoms with van der Waals surface area (Å²) in [5, 5.41) is 11.9. The topological polar surface area (TPSA) is 91.7 Å². The number of amides is 2. The zero-order valence-electron chi connectivity index (χ0n) is 16.1. The molecular weight excluding hydrogens is 346 g/mol. The van der Waals surface area contributed by atoms with Gasteiger partial charge in [-0.3, -0.25) is 0 Å². The van der Waals surface area contributed by atoms with Gasteiger partial charge in [-0.15, -0.1) is 0 Å². The smallest absolute Gasteiger partial charge is 0.410 e. The van der Waals surface area contributed by atoms with Gasteiger partial charge in [0.25, 0.3) is 0 Å². The molecule has 146 valence electrons. The SMILES string of the molecule is CC(C)(C)OC(=O)N1CCC(NC(=O)OCc2ccccc2)CC1CC#N. The van der Waals surface area contributed by atoms with Crippen molar-refractivity contribution in [3.8, 4) is 6.07 Å². The number of rotatable bonds is 4. The molecule has 0 spiro atoms. The van der Waals surface area contributed by atoms with Crippen LogP contribution < -0.4 is 5.32 Å². The van der Waals surface area contributed by atoms with Gasteiger partial charge in [-0.25, -0.2) is 9.59 Å². The summed E-state index contributed by atoms with van der Waals surface area (Å²) in [7, 11) is 0. The highest BCUT2D eigenvalue weighted by molar-refractivity contribution is 5.69. The van der Waals surface area contributed by atoms with Crippen LogP contribution in [0.4, 0.5) is 9.59 Å². The summed E-state index contributed by atoms with van der Waals surface area (Å²) in [5.74, 6) is 0. The Hall–Kier alpha value is -2.75. The first-order valence-electron chi connectivity index (χ1n) is 9.12. The average molecular weight is 373 g/mol. The molecule has 1 aromatic carbocycles. The molecule has 1 N–H and O–H groups in total. The zero-order chi connectivity index (χ0) is 19.9. The van der Waals surface area contributed by atoms with Crippen LogP contribution in [0.3, 0.4) is 0 Å². The van der Waals surface area contributed by atoms with Crippen LogP contribution in [0.15, 0.2) is 30.3 Å². The van der Waals surface area contributed by atoms with Crippen LogP contribution >= 0.6 is 0 Å². The minimum Gasteiger partial charge on any atom is -0.445 e. The number of likely N-dealkylation sites (tertiary alicyclic amines) is 1. The van der Waals surface area contributed by atoms with Crippen molar-refractivity contribution in [2.75, 3.05) is 6.54 Å². The third kappa shape index (κ3) is 6.81. The number of nitrogens with one attached hydrogen (secondary N) is 1. The van der Waals surface area contributed by atoms with Crippen LogP contribution in [0.5, 0.6) is 0 Å². The molecule has 27 heavy (non-hydrogen) atoms. The van der Waals surface area contributed by atoms with E-state index in [-0.39, 0.29) is 25.1 Å². The van der Waals surface area contributed by atoms with E-state index in [4.69, 9.17) is 14.7 Å². The van der Waals surface area contributed by atoms with Crippen LogP contribution in [0, 0.1) is 11.3 Å². The number of hydrogen-bond donors (Lipinski definition) is 1. The molecule has 2 atom stereocenters. The van der Waals surface area contributed by atoms with Gasteiger partial charge in [-0.1, -0.05) is 30.3 Å². The van der Waals surface area contributed by atoms with Gasteiger partial charge in [0.05, 0.1) is 12.5 Å². The number of carbonyl (C=O) groups is 2. The van der Waals surface area contributed by atoms with Gasteiger partial charge in [0.15, 0.2) is 0 Å². The number of alkyl carbamates (subject to hydrolysis) is 1. The second-order valence-electron chi connectivity index (χ2n) is 7.62. The van der Waals surface area contributed by atoms with E-state index in [1.54, 1.807) is 25.7 Å². The van der Waals surface area contributed by atoms with Gasteiger partial charge in [0, 0.05) is 18.6 Å². The van der Waals surface area contributed by atoms with Crippen molar-refractivity contribution in [2.45, 2.75) is 64.3 Å². The minimum atomic E-state index is -0.593. The normalized spacial score (nSPS) is 19.7. The average Bonchev–Trinajstić information content (AvgIpc) is 2.60. The third-order valence-corrected chi connectivity index (χ3v) is 4.21. The number of carbonyl (C=O) groups excluding carboxylic acids is 2. The van der Waals surface area contributed by atoms with Gasteiger partial charge >= 0.3 is 12.2 Å². The Morgan fingerprint density at radius 3 is 2.63 bits per heavy atom. The molecule has 2 amide bonds. The van der Waals surface area contributed by atoms with Gasteiger partial charge < -0.3 is 19.7 Å². The Kier molecular flexibility index (Phi) is 7.05. The van der Waals surface area contributed by atoms with Crippen molar-refractivity contribution in [3.63, 3.8) is 0 Å². The quantitative estimate of drug-likeness (QED) is 0.871. The molecule has 1 aliphatic heterocycles. The molecule has 1 aromatic rings. The van der Waals surface area contributed by atoms with Crippen LogP contribution in [-0.2, 0) is 16.1 Å². The number of benzene rings is 1. The summed E-state index contributed by atoms with van der Waals surface area (Å²) in [5.41, 5.74) is 0.319. The fraction of sp³-hybridized carbons (Fsp3) is 0.550. The maximum atomic E-state index is 12.4. The van der Waals surface area contributed by atoms with Gasteiger partial charge in [0.2, 0.25) is 0 Å². The minimum absolute atomic E-state index is 0.148. The molecular formula is C20H27N3O4. The van der Waals surface area contributed by atoms with Gasteiger partial charge in [-0.05, 0) is 39.2 Å². The largest absolute Gasteiger partial charge is 0.445 e. The number of hydrogen-bond acceptors (Lipinski definition) is 5. The fourth-order valence-electron chi connectivity index (χ4n) is 2.97. The predicted octanol–water partition coefficient (Wildman–Crippen LogP) is 3.59. The van der Waals surface area contributed by atoms with E-state index in [0.29, 0.717) is 19.4 Å². The Morgan fingerprint density at radius 1 is 1.30 bits per heavy atom. The number of piperidine rings is 1. The monoisotopic (exact) mass is 373 g/mol. The van der Waals surface area contributed by atoms with Gasteiger partial charge in [-0.2, -0.15) is 5.26 Å². The lowest BCUT2D eigenvalue weighted by atomic mass is 9.95. The van der Waals surface area contributed by atoms with E-state index >= 15 is 0 Å². The van der Waals surface area contributed by atoms with Crippen molar-refractivity contribution in [3.05, 3.63) is 35.9 Å². The van der Waals surface area contributed by atoms with Gasteiger partial charge in [0.1, 0.15) is 12.2 Å². The Morgan fingerprint density at radius 2 is 2.00 bits per heavy atom. The summed E-state index contributed by atoms with van der Waals surface area (Å²) in [6, 6.07) is 11.1. The number of nitriles is 1. The summed E-state index contributed by atoms with van der Waals surface area (Å²) >= 11 is 0. The molecule has 1 fully saturated rings. The molecule has 1 saturated heterocycles. The molecule has 0 saturated carbocycles. The molecule has 0 aliphatic carbocycles. The lowest BCUT2D eigenvalue weighted by molar-refractivity contribution is 0.00764. The second-order valence-corrected chi connectivity index (χ2v) is 7.62. The highest BCUT2D eigenvalue weighted by Crippen LogP contribution is 2.23. The van der Waals surface area contributed by atoms with Crippen LogP contribution in [-0.4, -0.2) is 41.3 Å². The lowest BCUT2D eigenvalue weighted by Gasteiger charge is -2.39. The molecule has 1 heterocycles. The molecule has 0 radical (unpaired) electrons. The molecule has 2 unspecified atom stereocenters. The Bertz CT molecular complexity index is 679. The van der Waals surface area contributed by atoms with E-state index < -0.39 is 17.8 Å². The van der Waals surface area contributed by atoms with E-state index in [1.807, 2.05) is 30.3 Å². The zero-order valence-corrected chi connectivity index (χ0v) is 16.1. The maximum absolute atomic E-state index is 12.4. The maximum Gasteiger partial charge on any atom is 0.410 e. The van der Waals surface area contributed by atoms with E-state index in [0.717, 1.165) is 5.56 Å². The van der Waals surface area contributed by atoms with Crippen molar-refractivity contribution in [1.29, 1.82) is 5.26 Å².